The fourth-order valence-electron chi connectivity index (χ4n) is 6.51. The van der Waals surface area contributed by atoms with E-state index in [0.29, 0.717) is 21.2 Å². The van der Waals surface area contributed by atoms with Crippen molar-refractivity contribution >= 4 is 57.9 Å². The van der Waals surface area contributed by atoms with Gasteiger partial charge in [0.1, 0.15) is 11.5 Å². The fraction of sp³-hybridized carbons (Fsp3) is 0.129. The van der Waals surface area contributed by atoms with E-state index in [-0.39, 0.29) is 17.5 Å². The number of hydrogen-bond donors (Lipinski definition) is 1. The van der Waals surface area contributed by atoms with E-state index < -0.39 is 23.4 Å². The highest BCUT2D eigenvalue weighted by molar-refractivity contribution is 7.12. The lowest BCUT2D eigenvalue weighted by molar-refractivity contribution is -0.121. The van der Waals surface area contributed by atoms with Crippen molar-refractivity contribution < 1.29 is 14.4 Å². The molecule has 0 bridgehead atoms. The van der Waals surface area contributed by atoms with Crippen molar-refractivity contribution in [3.05, 3.63) is 123 Å². The van der Waals surface area contributed by atoms with Crippen LogP contribution in [0.2, 0.25) is 5.02 Å². The molecule has 0 radical (unpaired) electrons. The molecule has 5 nitrogen and oxygen atoms in total. The average molecular weight is 537 g/mol. The third-order valence-corrected chi connectivity index (χ3v) is 9.21. The van der Waals surface area contributed by atoms with E-state index in [9.17, 15) is 14.4 Å². The summed E-state index contributed by atoms with van der Waals surface area (Å²) in [6.07, 6.45) is 3.96. The van der Waals surface area contributed by atoms with Crippen LogP contribution in [0.3, 0.4) is 0 Å². The second-order valence-corrected chi connectivity index (χ2v) is 11.1. The van der Waals surface area contributed by atoms with Gasteiger partial charge >= 0.3 is 0 Å². The standard InChI is InChI=1S/C31H21ClN2O3S/c32-21-11-4-2-9-19(21)28(35)26-27(29(36)24-14-7-17-38-24)34-23-13-6-1-8-18(23)15-16-25(34)31(26)20-10-3-5-12-22(20)33-30(31)37/h1-17,25-27H,(H,33,37)/t25-,26-,27+,31+/m1/s1. The first kappa shape index (κ1) is 23.1. The van der Waals surface area contributed by atoms with E-state index in [4.69, 9.17) is 11.6 Å². The lowest BCUT2D eigenvalue weighted by atomic mass is 9.64. The molecule has 0 saturated carbocycles. The van der Waals surface area contributed by atoms with E-state index in [1.54, 1.807) is 30.3 Å². The smallest absolute Gasteiger partial charge is 0.238 e. The molecule has 3 aromatic carbocycles. The van der Waals surface area contributed by atoms with E-state index in [0.717, 1.165) is 16.8 Å². The van der Waals surface area contributed by atoms with Crippen LogP contribution in [0.25, 0.3) is 6.08 Å². The zero-order valence-electron chi connectivity index (χ0n) is 20.0. The molecule has 3 aliphatic rings. The molecule has 1 saturated heterocycles. The Kier molecular flexibility index (Phi) is 5.18. The maximum atomic E-state index is 14.7. The Bertz CT molecular complexity index is 1660. The Morgan fingerprint density at radius 3 is 2.47 bits per heavy atom. The summed E-state index contributed by atoms with van der Waals surface area (Å²) in [6.45, 7) is 0. The number of para-hydroxylation sites is 2. The number of benzene rings is 3. The predicted molar refractivity (Wildman–Crippen MR) is 150 cm³/mol. The summed E-state index contributed by atoms with van der Waals surface area (Å²) in [6, 6.07) is 24.2. The van der Waals surface area contributed by atoms with Crippen molar-refractivity contribution in [1.82, 2.24) is 0 Å². The number of fused-ring (bicyclic) bond motifs is 6. The van der Waals surface area contributed by atoms with Crippen molar-refractivity contribution in [3.8, 4) is 0 Å². The van der Waals surface area contributed by atoms with E-state index in [2.05, 4.69) is 5.32 Å². The molecule has 0 unspecified atom stereocenters. The van der Waals surface area contributed by atoms with Crippen LogP contribution in [0, 0.1) is 5.92 Å². The number of nitrogens with zero attached hydrogens (tertiary/aromatic N) is 1. The maximum Gasteiger partial charge on any atom is 0.238 e. The van der Waals surface area contributed by atoms with Gasteiger partial charge in [0.15, 0.2) is 11.6 Å². The van der Waals surface area contributed by atoms with Gasteiger partial charge in [-0.25, -0.2) is 0 Å². The summed E-state index contributed by atoms with van der Waals surface area (Å²) < 4.78 is 0. The minimum Gasteiger partial charge on any atom is -0.352 e. The summed E-state index contributed by atoms with van der Waals surface area (Å²) in [4.78, 5) is 45.8. The van der Waals surface area contributed by atoms with Gasteiger partial charge in [-0.05, 0) is 46.8 Å². The highest BCUT2D eigenvalue weighted by Crippen LogP contribution is 2.58. The number of amides is 1. The first-order chi connectivity index (χ1) is 18.5. The first-order valence-electron chi connectivity index (χ1n) is 12.4. The second kappa shape index (κ2) is 8.51. The Morgan fingerprint density at radius 2 is 1.66 bits per heavy atom. The van der Waals surface area contributed by atoms with E-state index >= 15 is 0 Å². The lowest BCUT2D eigenvalue weighted by Gasteiger charge is -2.37. The summed E-state index contributed by atoms with van der Waals surface area (Å²) in [5.41, 5.74) is 2.09. The van der Waals surface area contributed by atoms with Gasteiger partial charge in [-0.2, -0.15) is 0 Å². The van der Waals surface area contributed by atoms with Crippen LogP contribution in [-0.2, 0) is 10.2 Å². The lowest BCUT2D eigenvalue weighted by Crippen LogP contribution is -2.51. The minimum absolute atomic E-state index is 0.186. The Labute approximate surface area is 228 Å². The van der Waals surface area contributed by atoms with Gasteiger partial charge in [0.25, 0.3) is 0 Å². The highest BCUT2D eigenvalue weighted by atomic mass is 35.5. The molecule has 7 rings (SSSR count). The van der Waals surface area contributed by atoms with Crippen molar-refractivity contribution in [2.45, 2.75) is 17.5 Å². The number of anilines is 2. The van der Waals surface area contributed by atoms with Crippen molar-refractivity contribution in [2.75, 3.05) is 10.2 Å². The van der Waals surface area contributed by atoms with Gasteiger partial charge in [0.05, 0.1) is 21.9 Å². The second-order valence-electron chi connectivity index (χ2n) is 9.75. The van der Waals surface area contributed by atoms with Gasteiger partial charge < -0.3 is 10.2 Å². The first-order valence-corrected chi connectivity index (χ1v) is 13.6. The number of halogens is 1. The van der Waals surface area contributed by atoms with Gasteiger partial charge in [-0.1, -0.05) is 78.4 Å². The SMILES string of the molecule is O=C(c1cccs1)[C@@H]1[C@H](C(=O)c2ccccc2Cl)[C@@]2(C(=O)Nc3ccccc32)[C@H]2C=Cc3ccccc3N12. The van der Waals surface area contributed by atoms with Crippen LogP contribution < -0.4 is 10.2 Å². The highest BCUT2D eigenvalue weighted by Gasteiger charge is 2.70. The van der Waals surface area contributed by atoms with Crippen LogP contribution in [-0.4, -0.2) is 29.6 Å². The van der Waals surface area contributed by atoms with E-state index in [1.807, 2.05) is 77.0 Å². The molecule has 1 spiro atoms. The normalized spacial score (nSPS) is 24.6. The third kappa shape index (κ3) is 3.01. The zero-order chi connectivity index (χ0) is 26.0. The number of nitrogens with one attached hydrogen (secondary N) is 1. The van der Waals surface area contributed by atoms with Crippen molar-refractivity contribution in [1.29, 1.82) is 0 Å². The van der Waals surface area contributed by atoms with Gasteiger partial charge in [-0.3, -0.25) is 14.4 Å². The number of thiophene rings is 1. The molecular weight excluding hydrogens is 516 g/mol. The number of ketones is 2. The van der Waals surface area contributed by atoms with Crippen molar-refractivity contribution in [3.63, 3.8) is 0 Å². The molecule has 4 heterocycles. The number of rotatable bonds is 4. The topological polar surface area (TPSA) is 66.5 Å². The van der Waals surface area contributed by atoms with Crippen LogP contribution in [0.1, 0.15) is 31.2 Å². The van der Waals surface area contributed by atoms with E-state index in [1.165, 1.54) is 11.3 Å². The Morgan fingerprint density at radius 1 is 0.895 bits per heavy atom. The van der Waals surface area contributed by atoms with Gasteiger partial charge in [0.2, 0.25) is 5.91 Å². The molecular formula is C31H21ClN2O3S. The molecule has 4 atom stereocenters. The minimum atomic E-state index is -1.34. The maximum absolute atomic E-state index is 14.7. The van der Waals surface area contributed by atoms with Crippen LogP contribution in [0.5, 0.6) is 0 Å². The van der Waals surface area contributed by atoms with Crippen LogP contribution in [0.4, 0.5) is 11.4 Å². The molecule has 186 valence electrons. The number of Topliss-reactive ketones (excluding diaryl/α,β-unsaturated/α-hetero) is 2. The fourth-order valence-corrected chi connectivity index (χ4v) is 7.44. The monoisotopic (exact) mass is 536 g/mol. The largest absolute Gasteiger partial charge is 0.352 e. The Hall–Kier alpha value is -4.00. The van der Waals surface area contributed by atoms with Crippen molar-refractivity contribution in [2.24, 2.45) is 5.92 Å². The molecule has 38 heavy (non-hydrogen) atoms. The van der Waals surface area contributed by atoms with Gasteiger partial charge in [0, 0.05) is 16.9 Å². The summed E-state index contributed by atoms with van der Waals surface area (Å²) in [5, 5.41) is 5.18. The summed E-state index contributed by atoms with van der Waals surface area (Å²) >= 11 is 7.89. The molecule has 1 aromatic heterocycles. The molecule has 1 N–H and O–H groups in total. The number of hydrogen-bond acceptors (Lipinski definition) is 5. The van der Waals surface area contributed by atoms with Crippen LogP contribution >= 0.6 is 22.9 Å². The molecule has 4 aromatic rings. The van der Waals surface area contributed by atoms with Gasteiger partial charge in [-0.15, -0.1) is 11.3 Å². The zero-order valence-corrected chi connectivity index (χ0v) is 21.6. The molecule has 1 fully saturated rings. The number of carbonyl (C=O) groups excluding carboxylic acids is 3. The molecule has 3 aliphatic heterocycles. The summed E-state index contributed by atoms with van der Waals surface area (Å²) in [5.74, 6) is -1.82. The number of carbonyl (C=O) groups is 3. The summed E-state index contributed by atoms with van der Waals surface area (Å²) in [7, 11) is 0. The molecule has 7 heteroatoms. The molecule has 1 amide bonds. The predicted octanol–water partition coefficient (Wildman–Crippen LogP) is 6.26. The Balaban J connectivity index is 1.56. The molecule has 0 aliphatic carbocycles. The third-order valence-electron chi connectivity index (χ3n) is 8.00. The average Bonchev–Trinajstić information content (AvgIpc) is 3.65. The van der Waals surface area contributed by atoms with Crippen LogP contribution in [0.15, 0.2) is 96.4 Å². The quantitative estimate of drug-likeness (QED) is 0.313.